The van der Waals surface area contributed by atoms with Crippen molar-refractivity contribution in [3.05, 3.63) is 170 Å². The minimum atomic E-state index is 1.12. The highest BCUT2D eigenvalue weighted by Gasteiger charge is 2.21. The summed E-state index contributed by atoms with van der Waals surface area (Å²) in [6.07, 6.45) is 0. The van der Waals surface area contributed by atoms with Crippen LogP contribution in [0.25, 0.3) is 58.8 Å². The SMILES string of the molecule is c1ccc(-c2cccc3c2c2ccc(N(c4ccccc4)c4cccc5c4sc4ccccc45)cc2n3-c2ccccc2)cc1. The maximum Gasteiger partial charge on any atom is 0.0640 e. The van der Waals surface area contributed by atoms with E-state index in [1.807, 2.05) is 11.3 Å². The van der Waals surface area contributed by atoms with Crippen LogP contribution in [0.15, 0.2) is 170 Å². The smallest absolute Gasteiger partial charge is 0.0640 e. The summed E-state index contributed by atoms with van der Waals surface area (Å²) in [6.45, 7) is 0. The molecule has 212 valence electrons. The van der Waals surface area contributed by atoms with Crippen molar-refractivity contribution in [2.24, 2.45) is 0 Å². The second kappa shape index (κ2) is 10.5. The first-order valence-electron chi connectivity index (χ1n) is 15.3. The second-order valence-corrected chi connectivity index (χ2v) is 12.4. The van der Waals surface area contributed by atoms with Crippen molar-refractivity contribution in [3.63, 3.8) is 0 Å². The number of hydrogen-bond donors (Lipinski definition) is 0. The third-order valence-electron chi connectivity index (χ3n) is 8.77. The molecule has 9 aromatic rings. The highest BCUT2D eigenvalue weighted by molar-refractivity contribution is 7.26. The summed E-state index contributed by atoms with van der Waals surface area (Å²) < 4.78 is 5.02. The molecule has 0 aliphatic carbocycles. The molecule has 2 nitrogen and oxygen atoms in total. The minimum absolute atomic E-state index is 1.12. The zero-order chi connectivity index (χ0) is 29.7. The molecule has 3 heteroatoms. The lowest BCUT2D eigenvalue weighted by atomic mass is 9.99. The Morgan fingerprint density at radius 1 is 0.467 bits per heavy atom. The van der Waals surface area contributed by atoms with Crippen LogP contribution in [-0.4, -0.2) is 4.57 Å². The summed E-state index contributed by atoms with van der Waals surface area (Å²) in [5.74, 6) is 0. The zero-order valence-corrected chi connectivity index (χ0v) is 25.3. The Balaban J connectivity index is 1.36. The fourth-order valence-electron chi connectivity index (χ4n) is 6.82. The third-order valence-corrected chi connectivity index (χ3v) is 9.98. The van der Waals surface area contributed by atoms with E-state index in [4.69, 9.17) is 0 Å². The average molecular weight is 593 g/mol. The lowest BCUT2D eigenvalue weighted by Crippen LogP contribution is -2.10. The van der Waals surface area contributed by atoms with Crippen LogP contribution in [0.1, 0.15) is 0 Å². The van der Waals surface area contributed by atoms with Crippen LogP contribution >= 0.6 is 11.3 Å². The summed E-state index contributed by atoms with van der Waals surface area (Å²) in [7, 11) is 0. The van der Waals surface area contributed by atoms with Gasteiger partial charge in [0.05, 0.1) is 21.4 Å². The monoisotopic (exact) mass is 592 g/mol. The zero-order valence-electron chi connectivity index (χ0n) is 24.5. The number of rotatable bonds is 5. The molecule has 2 aromatic heterocycles. The van der Waals surface area contributed by atoms with E-state index in [-0.39, 0.29) is 0 Å². The van der Waals surface area contributed by atoms with E-state index in [0.717, 1.165) is 17.1 Å². The van der Waals surface area contributed by atoms with Gasteiger partial charge in [0.1, 0.15) is 0 Å². The predicted octanol–water partition coefficient (Wildman–Crippen LogP) is 12.3. The van der Waals surface area contributed by atoms with Crippen LogP contribution in [0.2, 0.25) is 0 Å². The molecule has 7 aromatic carbocycles. The van der Waals surface area contributed by atoms with Gasteiger partial charge in [-0.15, -0.1) is 11.3 Å². The van der Waals surface area contributed by atoms with Gasteiger partial charge in [0, 0.05) is 43.3 Å². The summed E-state index contributed by atoms with van der Waals surface area (Å²) in [5, 5.41) is 5.11. The molecule has 0 radical (unpaired) electrons. The number of aromatic nitrogens is 1. The number of hydrogen-bond acceptors (Lipinski definition) is 2. The first-order valence-corrected chi connectivity index (χ1v) is 16.1. The fraction of sp³-hybridized carbons (Fsp3) is 0. The Kier molecular flexibility index (Phi) is 6.03. The van der Waals surface area contributed by atoms with Gasteiger partial charge in [-0.1, -0.05) is 115 Å². The molecule has 0 aliphatic rings. The van der Waals surface area contributed by atoms with E-state index in [9.17, 15) is 0 Å². The van der Waals surface area contributed by atoms with Gasteiger partial charge in [0.25, 0.3) is 0 Å². The van der Waals surface area contributed by atoms with Crippen LogP contribution in [0.5, 0.6) is 0 Å². The Morgan fingerprint density at radius 3 is 1.98 bits per heavy atom. The molecule has 2 heterocycles. The van der Waals surface area contributed by atoms with Crippen LogP contribution in [-0.2, 0) is 0 Å². The van der Waals surface area contributed by atoms with E-state index >= 15 is 0 Å². The van der Waals surface area contributed by atoms with Gasteiger partial charge in [0.15, 0.2) is 0 Å². The van der Waals surface area contributed by atoms with E-state index in [1.54, 1.807) is 0 Å². The Morgan fingerprint density at radius 2 is 1.16 bits per heavy atom. The molecule has 0 unspecified atom stereocenters. The van der Waals surface area contributed by atoms with Gasteiger partial charge in [-0.2, -0.15) is 0 Å². The van der Waals surface area contributed by atoms with Crippen LogP contribution in [0.3, 0.4) is 0 Å². The molecule has 0 atom stereocenters. The summed E-state index contributed by atoms with van der Waals surface area (Å²) in [5.41, 5.74) is 9.45. The highest BCUT2D eigenvalue weighted by atomic mass is 32.1. The summed E-state index contributed by atoms with van der Waals surface area (Å²) >= 11 is 1.87. The number of nitrogens with zero attached hydrogens (tertiary/aromatic N) is 2. The lowest BCUT2D eigenvalue weighted by molar-refractivity contribution is 1.18. The maximum absolute atomic E-state index is 2.42. The summed E-state index contributed by atoms with van der Waals surface area (Å²) in [4.78, 5) is 2.42. The summed E-state index contributed by atoms with van der Waals surface area (Å²) in [6, 6.07) is 61.3. The standard InChI is InChI=1S/C42H28N2S/c1-4-14-29(15-5-1)33-21-12-23-37-41(33)36-27-26-32(28-39(36)44(37)31-18-8-3-9-19-31)43(30-16-6-2-7-17-30)38-24-13-22-35-34-20-10-11-25-40(34)45-42(35)38/h1-28H. The van der Waals surface area contributed by atoms with Gasteiger partial charge < -0.3 is 9.47 Å². The van der Waals surface area contributed by atoms with Crippen molar-refractivity contribution < 1.29 is 0 Å². The first-order chi connectivity index (χ1) is 22.3. The lowest BCUT2D eigenvalue weighted by Gasteiger charge is -2.26. The second-order valence-electron chi connectivity index (χ2n) is 11.4. The number of fused-ring (bicyclic) bond motifs is 6. The maximum atomic E-state index is 2.42. The van der Waals surface area contributed by atoms with Gasteiger partial charge >= 0.3 is 0 Å². The molecule has 0 amide bonds. The molecular formula is C42H28N2S. The molecule has 0 aliphatic heterocycles. The molecule has 0 saturated carbocycles. The van der Waals surface area contributed by atoms with Crippen molar-refractivity contribution in [1.82, 2.24) is 4.57 Å². The normalized spacial score (nSPS) is 11.6. The number of para-hydroxylation sites is 2. The van der Waals surface area contributed by atoms with Gasteiger partial charge in [-0.25, -0.2) is 0 Å². The molecule has 0 bridgehead atoms. The highest BCUT2D eigenvalue weighted by Crippen LogP contribution is 2.46. The number of anilines is 3. The topological polar surface area (TPSA) is 8.17 Å². The van der Waals surface area contributed by atoms with E-state index in [0.29, 0.717) is 0 Å². The van der Waals surface area contributed by atoms with E-state index in [2.05, 4.69) is 179 Å². The molecule has 0 spiro atoms. The number of benzene rings is 7. The molecular weight excluding hydrogens is 565 g/mol. The van der Waals surface area contributed by atoms with Gasteiger partial charge in [-0.05, 0) is 65.7 Å². The van der Waals surface area contributed by atoms with Crippen molar-refractivity contribution in [1.29, 1.82) is 0 Å². The van der Waals surface area contributed by atoms with E-state index < -0.39 is 0 Å². The van der Waals surface area contributed by atoms with Crippen molar-refractivity contribution in [2.75, 3.05) is 4.90 Å². The molecule has 0 N–H and O–H groups in total. The van der Waals surface area contributed by atoms with Gasteiger partial charge in [0.2, 0.25) is 0 Å². The molecule has 9 rings (SSSR count). The Hall–Kier alpha value is -5.64. The quantitative estimate of drug-likeness (QED) is 0.193. The average Bonchev–Trinajstić information content (AvgIpc) is 3.66. The molecule has 45 heavy (non-hydrogen) atoms. The van der Waals surface area contributed by atoms with Crippen LogP contribution in [0.4, 0.5) is 17.1 Å². The predicted molar refractivity (Wildman–Crippen MR) is 194 cm³/mol. The molecule has 0 saturated heterocycles. The first kappa shape index (κ1) is 25.8. The fourth-order valence-corrected chi connectivity index (χ4v) is 8.03. The van der Waals surface area contributed by atoms with E-state index in [1.165, 1.54) is 58.8 Å². The Labute approximate surface area is 265 Å². The number of thiophene rings is 1. The van der Waals surface area contributed by atoms with Gasteiger partial charge in [-0.3, -0.25) is 0 Å². The molecule has 0 fully saturated rings. The third kappa shape index (κ3) is 4.16. The van der Waals surface area contributed by atoms with Crippen molar-refractivity contribution in [3.8, 4) is 16.8 Å². The minimum Gasteiger partial charge on any atom is -0.309 e. The van der Waals surface area contributed by atoms with Crippen molar-refractivity contribution >= 4 is 70.4 Å². The Bertz CT molecular complexity index is 2470. The van der Waals surface area contributed by atoms with Crippen molar-refractivity contribution in [2.45, 2.75) is 0 Å². The largest absolute Gasteiger partial charge is 0.309 e. The van der Waals surface area contributed by atoms with Crippen LogP contribution < -0.4 is 4.90 Å². The van der Waals surface area contributed by atoms with Crippen LogP contribution in [0, 0.1) is 0 Å².